The number of ketones is 1. The largest absolute Gasteiger partial charge is 0.367 e. The quantitative estimate of drug-likeness (QED) is 0.757. The van der Waals surface area contributed by atoms with E-state index in [4.69, 9.17) is 0 Å². The lowest BCUT2D eigenvalue weighted by molar-refractivity contribution is -0.116. The highest BCUT2D eigenvalue weighted by molar-refractivity contribution is 5.74. The number of carbonyl (C=O) groups excluding carboxylic acids is 1. The van der Waals surface area contributed by atoms with Crippen molar-refractivity contribution in [1.29, 1.82) is 0 Å². The van der Waals surface area contributed by atoms with Gasteiger partial charge < -0.3 is 9.78 Å². The van der Waals surface area contributed by atoms with Crippen molar-refractivity contribution >= 4 is 5.78 Å². The Balaban J connectivity index is 0.000000422. The van der Waals surface area contributed by atoms with E-state index in [9.17, 15) is 4.79 Å². The molecule has 2 rings (SSSR count). The SMILES string of the molecule is CCC(C)=O.CCCC(Cc1cc[nH]c1)c1ccccc1C. The monoisotopic (exact) mass is 299 g/mol. The van der Waals surface area contributed by atoms with Crippen molar-refractivity contribution in [3.05, 3.63) is 59.4 Å². The molecule has 1 unspecified atom stereocenters. The van der Waals surface area contributed by atoms with Crippen LogP contribution in [0, 0.1) is 6.92 Å². The summed E-state index contributed by atoms with van der Waals surface area (Å²) in [7, 11) is 0. The number of H-pyrrole nitrogens is 1. The number of aromatic amines is 1. The first-order valence-corrected chi connectivity index (χ1v) is 8.25. The third kappa shape index (κ3) is 6.30. The Hall–Kier alpha value is -1.83. The molecule has 0 aliphatic heterocycles. The van der Waals surface area contributed by atoms with Gasteiger partial charge in [-0.2, -0.15) is 0 Å². The van der Waals surface area contributed by atoms with Crippen LogP contribution in [0.25, 0.3) is 0 Å². The summed E-state index contributed by atoms with van der Waals surface area (Å²) in [4.78, 5) is 13.0. The van der Waals surface area contributed by atoms with Gasteiger partial charge in [-0.05, 0) is 55.4 Å². The van der Waals surface area contributed by atoms with E-state index in [0.717, 1.165) is 6.42 Å². The molecule has 0 amide bonds. The standard InChI is InChI=1S/C16H21N.C4H8O/c1-3-6-15(11-14-9-10-17-12-14)16-8-5-4-7-13(16)2;1-3-4(2)5/h4-5,7-10,12,15,17H,3,6,11H2,1-2H3;3H2,1-2H3. The van der Waals surface area contributed by atoms with Gasteiger partial charge in [-0.15, -0.1) is 0 Å². The zero-order chi connectivity index (χ0) is 16.4. The van der Waals surface area contributed by atoms with Crippen molar-refractivity contribution in [1.82, 2.24) is 4.98 Å². The van der Waals surface area contributed by atoms with Gasteiger partial charge in [0.25, 0.3) is 0 Å². The zero-order valence-corrected chi connectivity index (χ0v) is 14.4. The van der Waals surface area contributed by atoms with Crippen molar-refractivity contribution in [2.24, 2.45) is 0 Å². The molecule has 2 aromatic rings. The summed E-state index contributed by atoms with van der Waals surface area (Å²) in [6.45, 7) is 7.92. The molecule has 1 aromatic heterocycles. The van der Waals surface area contributed by atoms with Crippen LogP contribution in [0.3, 0.4) is 0 Å². The fourth-order valence-electron chi connectivity index (χ4n) is 2.53. The van der Waals surface area contributed by atoms with Crippen LogP contribution < -0.4 is 0 Å². The molecule has 1 aromatic carbocycles. The molecule has 0 saturated heterocycles. The van der Waals surface area contributed by atoms with Crippen LogP contribution in [-0.2, 0) is 11.2 Å². The maximum Gasteiger partial charge on any atom is 0.129 e. The van der Waals surface area contributed by atoms with Gasteiger partial charge in [0.15, 0.2) is 0 Å². The van der Waals surface area contributed by atoms with Crippen molar-refractivity contribution in [2.45, 2.75) is 59.3 Å². The van der Waals surface area contributed by atoms with Gasteiger partial charge in [-0.25, -0.2) is 0 Å². The van der Waals surface area contributed by atoms with Gasteiger partial charge in [0.2, 0.25) is 0 Å². The summed E-state index contributed by atoms with van der Waals surface area (Å²) < 4.78 is 0. The highest BCUT2D eigenvalue weighted by atomic mass is 16.1. The molecule has 22 heavy (non-hydrogen) atoms. The van der Waals surface area contributed by atoms with E-state index in [1.165, 1.54) is 29.5 Å². The number of rotatable bonds is 6. The Labute approximate surface area is 135 Å². The molecule has 0 aliphatic rings. The Morgan fingerprint density at radius 1 is 1.18 bits per heavy atom. The zero-order valence-electron chi connectivity index (χ0n) is 14.4. The number of hydrogen-bond donors (Lipinski definition) is 1. The summed E-state index contributed by atoms with van der Waals surface area (Å²) in [5.41, 5.74) is 4.34. The van der Waals surface area contributed by atoms with E-state index in [-0.39, 0.29) is 5.78 Å². The molecule has 0 bridgehead atoms. The van der Waals surface area contributed by atoms with Gasteiger partial charge in [0, 0.05) is 18.8 Å². The second-order valence-electron chi connectivity index (χ2n) is 5.82. The molecule has 1 N–H and O–H groups in total. The van der Waals surface area contributed by atoms with E-state index in [2.05, 4.69) is 55.4 Å². The molecule has 1 heterocycles. The second-order valence-corrected chi connectivity index (χ2v) is 5.82. The molecular formula is C20H29NO. The third-order valence-electron chi connectivity index (χ3n) is 3.91. The van der Waals surface area contributed by atoms with Crippen molar-refractivity contribution in [2.75, 3.05) is 0 Å². The molecule has 2 nitrogen and oxygen atoms in total. The van der Waals surface area contributed by atoms with Crippen LogP contribution in [-0.4, -0.2) is 10.8 Å². The van der Waals surface area contributed by atoms with Crippen LogP contribution in [0.4, 0.5) is 0 Å². The minimum absolute atomic E-state index is 0.255. The van der Waals surface area contributed by atoms with Crippen molar-refractivity contribution in [3.63, 3.8) is 0 Å². The molecule has 0 saturated carbocycles. The first-order chi connectivity index (χ1) is 10.6. The van der Waals surface area contributed by atoms with Crippen LogP contribution in [0.2, 0.25) is 0 Å². The minimum atomic E-state index is 0.255. The Bertz CT molecular complexity index is 543. The Morgan fingerprint density at radius 2 is 1.86 bits per heavy atom. The summed E-state index contributed by atoms with van der Waals surface area (Å²) in [5, 5.41) is 0. The number of aromatic nitrogens is 1. The number of Topliss-reactive ketones (excluding diaryl/α,β-unsaturated/α-hetero) is 1. The van der Waals surface area contributed by atoms with Crippen molar-refractivity contribution < 1.29 is 4.79 Å². The van der Waals surface area contributed by atoms with Crippen LogP contribution >= 0.6 is 0 Å². The van der Waals surface area contributed by atoms with E-state index in [1.807, 2.05) is 13.1 Å². The number of nitrogens with one attached hydrogen (secondary N) is 1. The number of carbonyl (C=O) groups is 1. The van der Waals surface area contributed by atoms with Gasteiger partial charge in [-0.3, -0.25) is 0 Å². The molecule has 0 radical (unpaired) electrons. The second kappa shape index (κ2) is 9.99. The number of aryl methyl sites for hydroxylation is 1. The highest BCUT2D eigenvalue weighted by Gasteiger charge is 2.13. The topological polar surface area (TPSA) is 32.9 Å². The molecule has 0 spiro atoms. The van der Waals surface area contributed by atoms with Gasteiger partial charge in [0.05, 0.1) is 0 Å². The Morgan fingerprint density at radius 3 is 2.36 bits per heavy atom. The third-order valence-corrected chi connectivity index (χ3v) is 3.91. The van der Waals surface area contributed by atoms with Gasteiger partial charge in [-0.1, -0.05) is 44.5 Å². The predicted octanol–water partition coefficient (Wildman–Crippen LogP) is 5.43. The number of benzene rings is 1. The lowest BCUT2D eigenvalue weighted by atomic mass is 9.87. The first kappa shape index (κ1) is 18.2. The van der Waals surface area contributed by atoms with E-state index >= 15 is 0 Å². The maximum atomic E-state index is 9.81. The van der Waals surface area contributed by atoms with Crippen LogP contribution in [0.15, 0.2) is 42.7 Å². The normalized spacial score (nSPS) is 11.5. The summed E-state index contributed by atoms with van der Waals surface area (Å²) in [6, 6.07) is 11.0. The maximum absolute atomic E-state index is 9.81. The highest BCUT2D eigenvalue weighted by Crippen LogP contribution is 2.27. The average Bonchev–Trinajstić information content (AvgIpc) is 3.01. The molecular weight excluding hydrogens is 270 g/mol. The van der Waals surface area contributed by atoms with Crippen molar-refractivity contribution in [3.8, 4) is 0 Å². The van der Waals surface area contributed by atoms with Gasteiger partial charge in [0.1, 0.15) is 5.78 Å². The average molecular weight is 299 g/mol. The number of hydrogen-bond acceptors (Lipinski definition) is 1. The molecule has 2 heteroatoms. The molecule has 1 atom stereocenters. The first-order valence-electron chi connectivity index (χ1n) is 8.25. The molecule has 0 aliphatic carbocycles. The van der Waals surface area contributed by atoms with Crippen LogP contribution in [0.1, 0.15) is 62.6 Å². The van der Waals surface area contributed by atoms with Gasteiger partial charge >= 0.3 is 0 Å². The smallest absolute Gasteiger partial charge is 0.129 e. The fraction of sp³-hybridized carbons (Fsp3) is 0.450. The predicted molar refractivity (Wildman–Crippen MR) is 94.3 cm³/mol. The van der Waals surface area contributed by atoms with E-state index < -0.39 is 0 Å². The summed E-state index contributed by atoms with van der Waals surface area (Å²) >= 11 is 0. The lowest BCUT2D eigenvalue weighted by Gasteiger charge is -2.18. The Kier molecular flexibility index (Phi) is 8.27. The molecule has 0 fully saturated rings. The van der Waals surface area contributed by atoms with E-state index in [1.54, 1.807) is 6.92 Å². The van der Waals surface area contributed by atoms with Crippen LogP contribution in [0.5, 0.6) is 0 Å². The minimum Gasteiger partial charge on any atom is -0.367 e. The molecule has 120 valence electrons. The fourth-order valence-corrected chi connectivity index (χ4v) is 2.53. The summed E-state index contributed by atoms with van der Waals surface area (Å²) in [6.07, 6.45) is 8.43. The lowest BCUT2D eigenvalue weighted by Crippen LogP contribution is -2.04. The summed E-state index contributed by atoms with van der Waals surface area (Å²) in [5.74, 6) is 0.905. The van der Waals surface area contributed by atoms with E-state index in [0.29, 0.717) is 12.3 Å².